The molecule has 0 fully saturated rings. The minimum absolute atomic E-state index is 0.173. The van der Waals surface area contributed by atoms with Crippen molar-refractivity contribution in [1.82, 2.24) is 0 Å². The Morgan fingerprint density at radius 1 is 1.53 bits per heavy atom. The largest absolute Gasteiger partial charge is 0.481 e. The van der Waals surface area contributed by atoms with Crippen molar-refractivity contribution in [1.29, 1.82) is 0 Å². The lowest BCUT2D eigenvalue weighted by molar-refractivity contribution is -0.385. The third kappa shape index (κ3) is 3.03. The molecule has 0 spiro atoms. The summed E-state index contributed by atoms with van der Waals surface area (Å²) < 4.78 is 0. The fourth-order valence-electron chi connectivity index (χ4n) is 1.05. The van der Waals surface area contributed by atoms with Crippen LogP contribution in [0.4, 0.5) is 5.69 Å². The zero-order valence-electron chi connectivity index (χ0n) is 7.53. The minimum atomic E-state index is -1.35. The minimum Gasteiger partial charge on any atom is -0.481 e. The molecule has 0 aliphatic carbocycles. The normalized spacial score (nSPS) is 12.1. The summed E-state index contributed by atoms with van der Waals surface area (Å²) in [6.45, 7) is 0. The molecule has 2 N–H and O–H groups in total. The molecule has 0 saturated carbocycles. The first-order valence-electron chi connectivity index (χ1n) is 4.01. The summed E-state index contributed by atoms with van der Waals surface area (Å²) in [6, 6.07) is 5.19. The number of nitro benzene ring substituents is 1. The standard InChI is InChI=1S/C9H8NO5/c11-8(5-9(12)13)6-2-1-3-7(4-6)10(14)15/h1-5,8,11H,(H,12,13). The van der Waals surface area contributed by atoms with Gasteiger partial charge >= 0.3 is 5.97 Å². The molecule has 0 saturated heterocycles. The molecular weight excluding hydrogens is 202 g/mol. The molecule has 1 atom stereocenters. The fourth-order valence-corrected chi connectivity index (χ4v) is 1.05. The van der Waals surface area contributed by atoms with Gasteiger partial charge in [-0.15, -0.1) is 0 Å². The maximum absolute atomic E-state index is 10.4. The summed E-state index contributed by atoms with van der Waals surface area (Å²) in [5, 5.41) is 28.1. The average molecular weight is 210 g/mol. The van der Waals surface area contributed by atoms with Crippen molar-refractivity contribution in [3.63, 3.8) is 0 Å². The second-order valence-corrected chi connectivity index (χ2v) is 2.80. The van der Waals surface area contributed by atoms with E-state index in [2.05, 4.69) is 0 Å². The molecule has 79 valence electrons. The van der Waals surface area contributed by atoms with Crippen LogP contribution in [-0.2, 0) is 4.79 Å². The number of rotatable bonds is 4. The second-order valence-electron chi connectivity index (χ2n) is 2.80. The van der Waals surface area contributed by atoms with E-state index in [0.29, 0.717) is 6.42 Å². The van der Waals surface area contributed by atoms with Gasteiger partial charge in [0.25, 0.3) is 5.69 Å². The highest BCUT2D eigenvalue weighted by Crippen LogP contribution is 2.20. The fraction of sp³-hybridized carbons (Fsp3) is 0.111. The van der Waals surface area contributed by atoms with Gasteiger partial charge in [0.15, 0.2) is 0 Å². The zero-order chi connectivity index (χ0) is 11.4. The second kappa shape index (κ2) is 4.52. The van der Waals surface area contributed by atoms with E-state index < -0.39 is 17.0 Å². The number of hydrogen-bond donors (Lipinski definition) is 2. The Morgan fingerprint density at radius 3 is 2.73 bits per heavy atom. The van der Waals surface area contributed by atoms with Gasteiger partial charge in [-0.3, -0.25) is 14.9 Å². The number of aliphatic hydroxyl groups excluding tert-OH is 1. The zero-order valence-corrected chi connectivity index (χ0v) is 7.53. The molecule has 15 heavy (non-hydrogen) atoms. The third-order valence-corrected chi connectivity index (χ3v) is 1.72. The maximum Gasteiger partial charge on any atom is 0.310 e. The van der Waals surface area contributed by atoms with Crippen LogP contribution in [0, 0.1) is 16.5 Å². The monoisotopic (exact) mass is 210 g/mol. The molecule has 0 aromatic heterocycles. The highest BCUT2D eigenvalue weighted by atomic mass is 16.6. The van der Waals surface area contributed by atoms with Gasteiger partial charge in [0.2, 0.25) is 0 Å². The van der Waals surface area contributed by atoms with Crippen molar-refractivity contribution in [2.45, 2.75) is 6.10 Å². The lowest BCUT2D eigenvalue weighted by Crippen LogP contribution is -2.06. The SMILES string of the molecule is O=C(O)[CH]C(O)c1cccc([N+](=O)[O-])c1. The van der Waals surface area contributed by atoms with Crippen LogP contribution in [0.25, 0.3) is 0 Å². The Balaban J connectivity index is 2.89. The lowest BCUT2D eigenvalue weighted by atomic mass is 10.1. The van der Waals surface area contributed by atoms with Crippen molar-refractivity contribution < 1.29 is 19.9 Å². The van der Waals surface area contributed by atoms with Crippen LogP contribution >= 0.6 is 0 Å². The van der Waals surface area contributed by atoms with Crippen LogP contribution in [-0.4, -0.2) is 21.1 Å². The average Bonchev–Trinajstić information content (AvgIpc) is 2.17. The van der Waals surface area contributed by atoms with Crippen LogP contribution in [0.15, 0.2) is 24.3 Å². The number of non-ortho nitro benzene ring substituents is 1. The predicted molar refractivity (Wildman–Crippen MR) is 50.0 cm³/mol. The van der Waals surface area contributed by atoms with E-state index in [4.69, 9.17) is 5.11 Å². The topological polar surface area (TPSA) is 101 Å². The number of nitro groups is 1. The number of benzene rings is 1. The number of carboxylic acids is 1. The van der Waals surface area contributed by atoms with Crippen LogP contribution in [0.1, 0.15) is 11.7 Å². The summed E-state index contributed by atoms with van der Waals surface area (Å²) in [5.74, 6) is -1.28. The molecule has 1 aromatic rings. The summed E-state index contributed by atoms with van der Waals surface area (Å²) in [5.41, 5.74) is -0.0167. The summed E-state index contributed by atoms with van der Waals surface area (Å²) in [6.07, 6.45) is -0.693. The first-order valence-corrected chi connectivity index (χ1v) is 4.01. The van der Waals surface area contributed by atoms with Crippen molar-refractivity contribution in [2.24, 2.45) is 0 Å². The number of carbonyl (C=O) groups is 1. The molecule has 1 rings (SSSR count). The van der Waals surface area contributed by atoms with Gasteiger partial charge in [0, 0.05) is 12.1 Å². The number of carboxylic acid groups (broad SMARTS) is 1. The molecule has 0 heterocycles. The lowest BCUT2D eigenvalue weighted by Gasteiger charge is -2.06. The highest BCUT2D eigenvalue weighted by Gasteiger charge is 2.15. The van der Waals surface area contributed by atoms with E-state index in [1.54, 1.807) is 0 Å². The first kappa shape index (κ1) is 11.1. The van der Waals surface area contributed by atoms with Gasteiger partial charge in [0.1, 0.15) is 6.42 Å². The smallest absolute Gasteiger partial charge is 0.310 e. The Morgan fingerprint density at radius 2 is 2.20 bits per heavy atom. The third-order valence-electron chi connectivity index (χ3n) is 1.72. The highest BCUT2D eigenvalue weighted by molar-refractivity contribution is 5.77. The van der Waals surface area contributed by atoms with E-state index in [1.165, 1.54) is 18.2 Å². The van der Waals surface area contributed by atoms with E-state index >= 15 is 0 Å². The molecular formula is C9H8NO5. The van der Waals surface area contributed by atoms with Gasteiger partial charge in [-0.1, -0.05) is 12.1 Å². The van der Waals surface area contributed by atoms with Gasteiger partial charge in [0.05, 0.1) is 11.0 Å². The molecule has 6 heteroatoms. The Bertz CT molecular complexity index is 390. The molecule has 1 unspecified atom stereocenters. The molecule has 6 nitrogen and oxygen atoms in total. The van der Waals surface area contributed by atoms with Crippen LogP contribution in [0.3, 0.4) is 0 Å². The number of aliphatic carboxylic acids is 1. The Kier molecular flexibility index (Phi) is 3.35. The molecule has 1 aromatic carbocycles. The number of hydrogen-bond acceptors (Lipinski definition) is 4. The molecule has 0 aliphatic rings. The first-order chi connectivity index (χ1) is 7.00. The summed E-state index contributed by atoms with van der Waals surface area (Å²) in [4.78, 5) is 20.0. The van der Waals surface area contributed by atoms with Gasteiger partial charge in [-0.05, 0) is 5.56 Å². The van der Waals surface area contributed by atoms with Crippen molar-refractivity contribution >= 4 is 11.7 Å². The van der Waals surface area contributed by atoms with Crippen molar-refractivity contribution in [3.8, 4) is 0 Å². The van der Waals surface area contributed by atoms with Gasteiger partial charge < -0.3 is 10.2 Å². The number of nitrogens with zero attached hydrogens (tertiary/aromatic N) is 1. The van der Waals surface area contributed by atoms with Crippen LogP contribution in [0.5, 0.6) is 0 Å². The quantitative estimate of drug-likeness (QED) is 0.568. The van der Waals surface area contributed by atoms with E-state index in [1.807, 2.05) is 0 Å². The molecule has 0 amide bonds. The molecule has 0 bridgehead atoms. The summed E-state index contributed by atoms with van der Waals surface area (Å²) in [7, 11) is 0. The Labute approximate surface area is 84.9 Å². The van der Waals surface area contributed by atoms with E-state index in [9.17, 15) is 20.0 Å². The van der Waals surface area contributed by atoms with E-state index in [-0.39, 0.29) is 11.3 Å². The van der Waals surface area contributed by atoms with Crippen molar-refractivity contribution in [2.75, 3.05) is 0 Å². The molecule has 0 aliphatic heterocycles. The molecule has 1 radical (unpaired) electrons. The predicted octanol–water partition coefficient (Wildman–Crippen LogP) is 0.917. The maximum atomic E-state index is 10.4. The van der Waals surface area contributed by atoms with Gasteiger partial charge in [-0.2, -0.15) is 0 Å². The number of aliphatic hydroxyl groups is 1. The van der Waals surface area contributed by atoms with Gasteiger partial charge in [-0.25, -0.2) is 0 Å². The Hall–Kier alpha value is -1.95. The van der Waals surface area contributed by atoms with Crippen LogP contribution in [0.2, 0.25) is 0 Å². The van der Waals surface area contributed by atoms with E-state index in [0.717, 1.165) is 6.07 Å². The van der Waals surface area contributed by atoms with Crippen molar-refractivity contribution in [3.05, 3.63) is 46.4 Å². The summed E-state index contributed by atoms with van der Waals surface area (Å²) >= 11 is 0. The van der Waals surface area contributed by atoms with Crippen LogP contribution < -0.4 is 0 Å².